The van der Waals surface area contributed by atoms with Gasteiger partial charge in [-0.1, -0.05) is 12.1 Å². The first-order valence-electron chi connectivity index (χ1n) is 10.0. The van der Waals surface area contributed by atoms with E-state index in [1.807, 2.05) is 12.1 Å². The van der Waals surface area contributed by atoms with Crippen LogP contribution in [-0.4, -0.2) is 45.9 Å². The van der Waals surface area contributed by atoms with Gasteiger partial charge in [0, 0.05) is 37.8 Å². The molecule has 3 heterocycles. The lowest BCUT2D eigenvalue weighted by molar-refractivity contribution is 0.100. The molecule has 2 aromatic carbocycles. The van der Waals surface area contributed by atoms with E-state index in [-0.39, 0.29) is 11.4 Å². The molecule has 0 aliphatic carbocycles. The zero-order chi connectivity index (χ0) is 20.0. The van der Waals surface area contributed by atoms with Crippen molar-refractivity contribution in [2.24, 2.45) is 0 Å². The summed E-state index contributed by atoms with van der Waals surface area (Å²) in [5, 5.41) is 0. The van der Waals surface area contributed by atoms with Crippen molar-refractivity contribution in [1.82, 2.24) is 14.2 Å². The van der Waals surface area contributed by atoms with E-state index in [0.29, 0.717) is 6.04 Å². The summed E-state index contributed by atoms with van der Waals surface area (Å²) in [4.78, 5) is 6.82. The Morgan fingerprint density at radius 2 is 2.17 bits per heavy atom. The standard InChI is InChI=1S/C22H25FN4OS/c1-16-12-22(14-25(2)29-27(22)19-5-3-4-18(23)11-19)8-9-26(16)13-17-6-7-21-20(10-17)24-15-28-21/h3-7,10-11,15-16H,8-9,12-14H2,1-2H3/t16-,22+/m0/s1. The molecule has 5 rings (SSSR count). The van der Waals surface area contributed by atoms with Crippen LogP contribution in [0.15, 0.2) is 53.3 Å². The summed E-state index contributed by atoms with van der Waals surface area (Å²) in [5.74, 6) is -0.179. The predicted octanol–water partition coefficient (Wildman–Crippen LogP) is 4.71. The number of halogens is 1. The summed E-state index contributed by atoms with van der Waals surface area (Å²) in [6, 6.07) is 13.7. The molecule has 0 unspecified atom stereocenters. The zero-order valence-corrected chi connectivity index (χ0v) is 17.5. The minimum atomic E-state index is -0.179. The summed E-state index contributed by atoms with van der Waals surface area (Å²) in [7, 11) is 2.12. The SMILES string of the molecule is C[C@H]1C[C@]2(CCN1Cc1ccc3ocnc3c1)CN(C)SN2c1cccc(F)c1. The summed E-state index contributed by atoms with van der Waals surface area (Å²) in [6.07, 6.45) is 3.60. The highest BCUT2D eigenvalue weighted by Crippen LogP contribution is 2.46. The molecule has 0 N–H and O–H groups in total. The number of nitrogens with zero attached hydrogens (tertiary/aromatic N) is 4. The Bertz CT molecular complexity index is 1030. The average Bonchev–Trinajstić information content (AvgIpc) is 3.28. The van der Waals surface area contributed by atoms with Gasteiger partial charge in [-0.05, 0) is 62.7 Å². The second kappa shape index (κ2) is 7.31. The third-order valence-electron chi connectivity index (χ3n) is 6.16. The largest absolute Gasteiger partial charge is 0.443 e. The van der Waals surface area contributed by atoms with Crippen LogP contribution in [0.5, 0.6) is 0 Å². The highest BCUT2D eigenvalue weighted by Gasteiger charge is 2.48. The lowest BCUT2D eigenvalue weighted by Gasteiger charge is -2.47. The molecule has 2 aliphatic heterocycles. The van der Waals surface area contributed by atoms with E-state index in [9.17, 15) is 4.39 Å². The van der Waals surface area contributed by atoms with Crippen molar-refractivity contribution in [3.63, 3.8) is 0 Å². The molecule has 0 bridgehead atoms. The maximum atomic E-state index is 13.9. The van der Waals surface area contributed by atoms with E-state index in [1.165, 1.54) is 18.0 Å². The maximum Gasteiger partial charge on any atom is 0.181 e. The summed E-state index contributed by atoms with van der Waals surface area (Å²) >= 11 is 1.71. The van der Waals surface area contributed by atoms with Crippen molar-refractivity contribution in [2.45, 2.75) is 37.9 Å². The number of likely N-dealkylation sites (N-methyl/N-ethyl adjacent to an activating group) is 1. The summed E-state index contributed by atoms with van der Waals surface area (Å²) in [6.45, 7) is 5.21. The van der Waals surface area contributed by atoms with Gasteiger partial charge in [0.05, 0.1) is 11.2 Å². The third-order valence-corrected chi connectivity index (χ3v) is 7.32. The first kappa shape index (κ1) is 18.9. The molecule has 7 heteroatoms. The molecule has 2 saturated heterocycles. The Hall–Kier alpha value is -2.09. The molecule has 2 aliphatic rings. The Morgan fingerprint density at radius 1 is 1.28 bits per heavy atom. The molecule has 1 spiro atoms. The number of aromatic nitrogens is 1. The van der Waals surface area contributed by atoms with E-state index in [0.717, 1.165) is 49.3 Å². The number of oxazole rings is 1. The maximum absolute atomic E-state index is 13.9. The van der Waals surface area contributed by atoms with Gasteiger partial charge in [0.15, 0.2) is 12.0 Å². The number of benzene rings is 2. The summed E-state index contributed by atoms with van der Waals surface area (Å²) < 4.78 is 23.8. The van der Waals surface area contributed by atoms with Gasteiger partial charge in [-0.3, -0.25) is 9.21 Å². The quantitative estimate of drug-likeness (QED) is 0.580. The molecule has 5 nitrogen and oxygen atoms in total. The van der Waals surface area contributed by atoms with Gasteiger partial charge in [0.2, 0.25) is 0 Å². The third kappa shape index (κ3) is 3.52. The lowest BCUT2D eigenvalue weighted by atomic mass is 9.82. The van der Waals surface area contributed by atoms with E-state index in [1.54, 1.807) is 24.3 Å². The van der Waals surface area contributed by atoms with Crippen molar-refractivity contribution >= 4 is 28.9 Å². The average molecular weight is 413 g/mol. The minimum Gasteiger partial charge on any atom is -0.443 e. The van der Waals surface area contributed by atoms with Crippen molar-refractivity contribution < 1.29 is 8.81 Å². The fourth-order valence-corrected chi connectivity index (χ4v) is 5.99. The van der Waals surface area contributed by atoms with Crippen LogP contribution in [-0.2, 0) is 6.54 Å². The number of fused-ring (bicyclic) bond motifs is 1. The number of hydrogen-bond acceptors (Lipinski definition) is 6. The van der Waals surface area contributed by atoms with Crippen LogP contribution in [0.3, 0.4) is 0 Å². The van der Waals surface area contributed by atoms with Crippen LogP contribution in [0.25, 0.3) is 11.1 Å². The molecular weight excluding hydrogens is 387 g/mol. The Balaban J connectivity index is 1.35. The number of piperidine rings is 1. The first-order chi connectivity index (χ1) is 14.0. The second-order valence-corrected chi connectivity index (χ2v) is 9.45. The van der Waals surface area contributed by atoms with Crippen molar-refractivity contribution in [1.29, 1.82) is 0 Å². The molecule has 3 aromatic rings. The Labute approximate surface area is 174 Å². The number of likely N-dealkylation sites (tertiary alicyclic amines) is 1. The number of anilines is 1. The summed E-state index contributed by atoms with van der Waals surface area (Å²) in [5.41, 5.74) is 3.98. The fourth-order valence-electron chi connectivity index (χ4n) is 4.81. The van der Waals surface area contributed by atoms with Crippen LogP contribution in [0, 0.1) is 5.82 Å². The smallest absolute Gasteiger partial charge is 0.181 e. The lowest BCUT2D eigenvalue weighted by Crippen LogP contribution is -2.56. The fraction of sp³-hybridized carbons (Fsp3) is 0.409. The van der Waals surface area contributed by atoms with Gasteiger partial charge < -0.3 is 4.42 Å². The zero-order valence-electron chi connectivity index (χ0n) is 16.7. The van der Waals surface area contributed by atoms with E-state index in [2.05, 4.69) is 44.6 Å². The molecule has 2 atom stereocenters. The first-order valence-corrected chi connectivity index (χ1v) is 10.8. The van der Waals surface area contributed by atoms with E-state index < -0.39 is 0 Å². The van der Waals surface area contributed by atoms with Crippen LogP contribution in [0.4, 0.5) is 10.1 Å². The van der Waals surface area contributed by atoms with E-state index >= 15 is 0 Å². The van der Waals surface area contributed by atoms with Crippen LogP contribution >= 0.6 is 12.1 Å². The molecule has 1 aromatic heterocycles. The van der Waals surface area contributed by atoms with Gasteiger partial charge in [0.1, 0.15) is 11.3 Å². The van der Waals surface area contributed by atoms with Crippen molar-refractivity contribution in [3.8, 4) is 0 Å². The highest BCUT2D eigenvalue weighted by atomic mass is 32.2. The number of hydrogen-bond donors (Lipinski definition) is 0. The number of rotatable bonds is 3. The van der Waals surface area contributed by atoms with Gasteiger partial charge >= 0.3 is 0 Å². The molecular formula is C22H25FN4OS. The van der Waals surface area contributed by atoms with Crippen LogP contribution < -0.4 is 4.31 Å². The van der Waals surface area contributed by atoms with Gasteiger partial charge in [-0.15, -0.1) is 0 Å². The van der Waals surface area contributed by atoms with Gasteiger partial charge in [-0.25, -0.2) is 13.7 Å². The Morgan fingerprint density at radius 3 is 3.00 bits per heavy atom. The molecule has 152 valence electrons. The van der Waals surface area contributed by atoms with Gasteiger partial charge in [-0.2, -0.15) is 0 Å². The molecule has 0 radical (unpaired) electrons. The highest BCUT2D eigenvalue weighted by molar-refractivity contribution is 7.98. The topological polar surface area (TPSA) is 35.8 Å². The van der Waals surface area contributed by atoms with Crippen molar-refractivity contribution in [2.75, 3.05) is 24.4 Å². The second-order valence-electron chi connectivity index (χ2n) is 8.29. The van der Waals surface area contributed by atoms with Gasteiger partial charge in [0.25, 0.3) is 0 Å². The van der Waals surface area contributed by atoms with E-state index in [4.69, 9.17) is 4.42 Å². The predicted molar refractivity (Wildman–Crippen MR) is 115 cm³/mol. The Kier molecular flexibility index (Phi) is 4.76. The molecule has 0 amide bonds. The molecule has 29 heavy (non-hydrogen) atoms. The van der Waals surface area contributed by atoms with Crippen molar-refractivity contribution in [3.05, 3.63) is 60.2 Å². The minimum absolute atomic E-state index is 0.0270. The monoisotopic (exact) mass is 412 g/mol. The molecule has 2 fully saturated rings. The molecule has 0 saturated carbocycles. The van der Waals surface area contributed by atoms with Crippen LogP contribution in [0.2, 0.25) is 0 Å². The van der Waals surface area contributed by atoms with Crippen LogP contribution in [0.1, 0.15) is 25.3 Å². The normalized spacial score (nSPS) is 26.0.